The van der Waals surface area contributed by atoms with Gasteiger partial charge in [0.1, 0.15) is 0 Å². The van der Waals surface area contributed by atoms with Crippen LogP contribution in [0.1, 0.15) is 32.6 Å². The van der Waals surface area contributed by atoms with Crippen LogP contribution in [0.2, 0.25) is 0 Å². The third kappa shape index (κ3) is 5.08. The van der Waals surface area contributed by atoms with Gasteiger partial charge in [0.05, 0.1) is 12.1 Å². The van der Waals surface area contributed by atoms with Crippen LogP contribution in [0.3, 0.4) is 0 Å². The molecule has 2 aliphatic heterocycles. The zero-order valence-electron chi connectivity index (χ0n) is 16.5. The van der Waals surface area contributed by atoms with Crippen LogP contribution >= 0.6 is 0 Å². The third-order valence-electron chi connectivity index (χ3n) is 5.87. The van der Waals surface area contributed by atoms with Crippen molar-refractivity contribution in [2.24, 2.45) is 5.92 Å². The Morgan fingerprint density at radius 2 is 2.04 bits per heavy atom. The van der Waals surface area contributed by atoms with Crippen molar-refractivity contribution >= 4 is 17.5 Å². The lowest BCUT2D eigenvalue weighted by Gasteiger charge is -2.37. The van der Waals surface area contributed by atoms with Crippen LogP contribution in [0, 0.1) is 5.92 Å². The average molecular weight is 373 g/mol. The maximum atomic E-state index is 12.9. The second-order valence-corrected chi connectivity index (χ2v) is 7.81. The van der Waals surface area contributed by atoms with Gasteiger partial charge in [0, 0.05) is 25.8 Å². The number of likely N-dealkylation sites (tertiary alicyclic amines) is 1. The molecule has 1 aromatic rings. The van der Waals surface area contributed by atoms with Gasteiger partial charge in [0.15, 0.2) is 0 Å². The molecular formula is C21H32N4O2. The average Bonchev–Trinajstić information content (AvgIpc) is 3.26. The number of hydrogen-bond acceptors (Lipinski definition) is 4. The maximum absolute atomic E-state index is 12.9. The lowest BCUT2D eigenvalue weighted by Crippen LogP contribution is -2.51. The number of piperidine rings is 1. The number of carbonyl (C=O) groups excluding carboxylic acids is 2. The summed E-state index contributed by atoms with van der Waals surface area (Å²) < 4.78 is 0. The maximum Gasteiger partial charge on any atom is 0.243 e. The molecule has 0 saturated carbocycles. The topological polar surface area (TPSA) is 64.7 Å². The summed E-state index contributed by atoms with van der Waals surface area (Å²) in [7, 11) is 1.84. The van der Waals surface area contributed by atoms with Crippen molar-refractivity contribution in [3.63, 3.8) is 0 Å². The molecule has 6 nitrogen and oxygen atoms in total. The SMILES string of the molecule is CC(C(=O)N(C)c1ccccc1)N1CCCC(CNC(=O)C2CCCN2)C1. The Hall–Kier alpha value is -1.92. The van der Waals surface area contributed by atoms with E-state index >= 15 is 0 Å². The van der Waals surface area contributed by atoms with Gasteiger partial charge in [-0.2, -0.15) is 0 Å². The summed E-state index contributed by atoms with van der Waals surface area (Å²) in [6, 6.07) is 9.57. The molecule has 0 aromatic heterocycles. The molecule has 0 bridgehead atoms. The molecule has 0 spiro atoms. The molecular weight excluding hydrogens is 340 g/mol. The minimum absolute atomic E-state index is 0.0234. The number of amides is 2. The molecule has 2 amide bonds. The zero-order valence-corrected chi connectivity index (χ0v) is 16.5. The zero-order chi connectivity index (χ0) is 19.2. The van der Waals surface area contributed by atoms with Gasteiger partial charge in [0.2, 0.25) is 11.8 Å². The van der Waals surface area contributed by atoms with Crippen LogP contribution < -0.4 is 15.5 Å². The smallest absolute Gasteiger partial charge is 0.243 e. The first-order valence-electron chi connectivity index (χ1n) is 10.1. The predicted molar refractivity (Wildman–Crippen MR) is 108 cm³/mol. The molecule has 3 unspecified atom stereocenters. The van der Waals surface area contributed by atoms with Crippen LogP contribution in [0.4, 0.5) is 5.69 Å². The van der Waals surface area contributed by atoms with Crippen molar-refractivity contribution in [3.8, 4) is 0 Å². The monoisotopic (exact) mass is 372 g/mol. The quantitative estimate of drug-likeness (QED) is 0.796. The number of para-hydroxylation sites is 1. The number of rotatable bonds is 6. The molecule has 3 rings (SSSR count). The van der Waals surface area contributed by atoms with E-state index in [9.17, 15) is 9.59 Å². The summed E-state index contributed by atoms with van der Waals surface area (Å²) in [5.74, 6) is 0.639. The lowest BCUT2D eigenvalue weighted by molar-refractivity contribution is -0.125. The van der Waals surface area contributed by atoms with E-state index in [2.05, 4.69) is 15.5 Å². The highest BCUT2D eigenvalue weighted by Gasteiger charge is 2.30. The summed E-state index contributed by atoms with van der Waals surface area (Å²) in [5.41, 5.74) is 0.916. The van der Waals surface area contributed by atoms with Gasteiger partial charge in [-0.25, -0.2) is 0 Å². The van der Waals surface area contributed by atoms with Gasteiger partial charge >= 0.3 is 0 Å². The number of hydrogen-bond donors (Lipinski definition) is 2. The van der Waals surface area contributed by atoms with E-state index in [-0.39, 0.29) is 23.9 Å². The van der Waals surface area contributed by atoms with Crippen LogP contribution in [-0.2, 0) is 9.59 Å². The summed E-state index contributed by atoms with van der Waals surface area (Å²) in [6.07, 6.45) is 4.17. The van der Waals surface area contributed by atoms with Gasteiger partial charge in [-0.1, -0.05) is 18.2 Å². The predicted octanol–water partition coefficient (Wildman–Crippen LogP) is 1.62. The first-order valence-corrected chi connectivity index (χ1v) is 10.1. The van der Waals surface area contributed by atoms with Crippen molar-refractivity contribution in [1.82, 2.24) is 15.5 Å². The number of nitrogens with zero attached hydrogens (tertiary/aromatic N) is 2. The first kappa shape index (κ1) is 19.8. The van der Waals surface area contributed by atoms with Crippen molar-refractivity contribution < 1.29 is 9.59 Å². The number of anilines is 1. The Kier molecular flexibility index (Phi) is 6.85. The second-order valence-electron chi connectivity index (χ2n) is 7.81. The molecule has 1 aromatic carbocycles. The third-order valence-corrected chi connectivity index (χ3v) is 5.87. The molecule has 2 aliphatic rings. The summed E-state index contributed by atoms with van der Waals surface area (Å²) in [5, 5.41) is 6.35. The second kappa shape index (κ2) is 9.33. The molecule has 2 saturated heterocycles. The molecule has 6 heteroatoms. The summed E-state index contributed by atoms with van der Waals surface area (Å²) >= 11 is 0. The summed E-state index contributed by atoms with van der Waals surface area (Å²) in [6.45, 7) is 5.41. The van der Waals surface area contributed by atoms with E-state index in [1.54, 1.807) is 4.90 Å². The molecule has 0 radical (unpaired) electrons. The fourth-order valence-electron chi connectivity index (χ4n) is 4.11. The highest BCUT2D eigenvalue weighted by molar-refractivity contribution is 5.96. The Labute approximate surface area is 162 Å². The number of nitrogens with one attached hydrogen (secondary N) is 2. The molecule has 2 heterocycles. The van der Waals surface area contributed by atoms with E-state index in [0.29, 0.717) is 12.5 Å². The van der Waals surface area contributed by atoms with E-state index in [1.807, 2.05) is 44.3 Å². The largest absolute Gasteiger partial charge is 0.354 e. The van der Waals surface area contributed by atoms with Gasteiger partial charge in [-0.05, 0) is 63.7 Å². The Bertz CT molecular complexity index is 630. The number of carbonyl (C=O) groups is 2. The molecule has 27 heavy (non-hydrogen) atoms. The summed E-state index contributed by atoms with van der Waals surface area (Å²) in [4.78, 5) is 29.1. The first-order chi connectivity index (χ1) is 13.1. The Morgan fingerprint density at radius 1 is 1.26 bits per heavy atom. The molecule has 2 N–H and O–H groups in total. The van der Waals surface area contributed by atoms with Gasteiger partial charge in [0.25, 0.3) is 0 Å². The van der Waals surface area contributed by atoms with E-state index in [1.165, 1.54) is 0 Å². The van der Waals surface area contributed by atoms with Crippen molar-refractivity contribution in [1.29, 1.82) is 0 Å². The van der Waals surface area contributed by atoms with Gasteiger partial charge in [-0.15, -0.1) is 0 Å². The van der Waals surface area contributed by atoms with Gasteiger partial charge in [-0.3, -0.25) is 14.5 Å². The number of benzene rings is 1. The highest BCUT2D eigenvalue weighted by Crippen LogP contribution is 2.20. The minimum atomic E-state index is -0.162. The minimum Gasteiger partial charge on any atom is -0.354 e. The highest BCUT2D eigenvalue weighted by atomic mass is 16.2. The standard InChI is InChI=1S/C21H32N4O2/c1-16(21(27)24(2)18-9-4-3-5-10-18)25-13-7-8-17(15-25)14-23-20(26)19-11-6-12-22-19/h3-5,9-10,16-17,19,22H,6-8,11-15H2,1-2H3,(H,23,26). The van der Waals surface area contributed by atoms with E-state index in [0.717, 1.165) is 51.0 Å². The molecule has 0 aliphatic carbocycles. The molecule has 2 fully saturated rings. The van der Waals surface area contributed by atoms with Crippen LogP contribution in [0.15, 0.2) is 30.3 Å². The number of likely N-dealkylation sites (N-methyl/N-ethyl adjacent to an activating group) is 1. The van der Waals surface area contributed by atoms with E-state index < -0.39 is 0 Å². The van der Waals surface area contributed by atoms with Crippen molar-refractivity contribution in [2.45, 2.75) is 44.7 Å². The van der Waals surface area contributed by atoms with Crippen LogP contribution in [-0.4, -0.2) is 62.0 Å². The fourth-order valence-corrected chi connectivity index (χ4v) is 4.11. The molecule has 3 atom stereocenters. The Balaban J connectivity index is 1.50. The molecule has 148 valence electrons. The fraction of sp³-hybridized carbons (Fsp3) is 0.619. The van der Waals surface area contributed by atoms with Crippen molar-refractivity contribution in [3.05, 3.63) is 30.3 Å². The van der Waals surface area contributed by atoms with Gasteiger partial charge < -0.3 is 15.5 Å². The van der Waals surface area contributed by atoms with Crippen LogP contribution in [0.25, 0.3) is 0 Å². The Morgan fingerprint density at radius 3 is 2.74 bits per heavy atom. The normalized spacial score (nSPS) is 24.4. The van der Waals surface area contributed by atoms with E-state index in [4.69, 9.17) is 0 Å². The lowest BCUT2D eigenvalue weighted by atomic mass is 9.96. The van der Waals surface area contributed by atoms with Crippen molar-refractivity contribution in [2.75, 3.05) is 38.1 Å². The van der Waals surface area contributed by atoms with Crippen LogP contribution in [0.5, 0.6) is 0 Å².